The van der Waals surface area contributed by atoms with Crippen molar-refractivity contribution in [1.82, 2.24) is 15.0 Å². The number of carbonyl (C=O) groups is 1. The van der Waals surface area contributed by atoms with Crippen LogP contribution in [0.4, 0.5) is 11.5 Å². The van der Waals surface area contributed by atoms with Crippen molar-refractivity contribution in [2.24, 2.45) is 0 Å². The van der Waals surface area contributed by atoms with Gasteiger partial charge in [0.05, 0.1) is 12.8 Å². The van der Waals surface area contributed by atoms with Crippen molar-refractivity contribution in [3.05, 3.63) is 54.2 Å². The molecule has 2 aromatic carbocycles. The fraction of sp³-hybridized carbons (Fsp3) is 0.118. The molecule has 0 aliphatic carbocycles. The lowest BCUT2D eigenvalue weighted by Gasteiger charge is -2.06. The van der Waals surface area contributed by atoms with Gasteiger partial charge in [-0.15, -0.1) is 16.9 Å². The molecule has 0 aliphatic heterocycles. The Morgan fingerprint density at radius 3 is 2.68 bits per heavy atom. The summed E-state index contributed by atoms with van der Waals surface area (Å²) in [6.07, 6.45) is 1.97. The molecule has 7 nitrogen and oxygen atoms in total. The van der Waals surface area contributed by atoms with E-state index < -0.39 is 5.91 Å². The molecule has 128 valence electrons. The fourth-order valence-corrected chi connectivity index (χ4v) is 2.72. The predicted molar refractivity (Wildman–Crippen MR) is 98.5 cm³/mol. The van der Waals surface area contributed by atoms with Gasteiger partial charge in [0.15, 0.2) is 11.5 Å². The lowest BCUT2D eigenvalue weighted by Crippen LogP contribution is -2.15. The van der Waals surface area contributed by atoms with Gasteiger partial charge in [0, 0.05) is 10.6 Å². The average Bonchev–Trinajstić information content (AvgIpc) is 3.03. The maximum atomic E-state index is 12.4. The molecular weight excluding hydrogens is 338 g/mol. The van der Waals surface area contributed by atoms with Crippen LogP contribution in [-0.4, -0.2) is 34.3 Å². The molecule has 0 bridgehead atoms. The average molecular weight is 355 g/mol. The zero-order valence-electron chi connectivity index (χ0n) is 13.8. The Morgan fingerprint density at radius 2 is 2.00 bits per heavy atom. The molecule has 0 saturated heterocycles. The van der Waals surface area contributed by atoms with Gasteiger partial charge >= 0.3 is 0 Å². The highest BCUT2D eigenvalue weighted by Crippen LogP contribution is 2.21. The normalized spacial score (nSPS) is 10.5. The molecule has 1 aromatic heterocycles. The second-order valence-electron chi connectivity index (χ2n) is 5.12. The van der Waals surface area contributed by atoms with Crippen LogP contribution in [0.3, 0.4) is 0 Å². The number of nitrogen functional groups attached to an aromatic ring is 1. The highest BCUT2D eigenvalue weighted by Gasteiger charge is 2.18. The van der Waals surface area contributed by atoms with Gasteiger partial charge in [-0.3, -0.25) is 4.79 Å². The number of anilines is 2. The number of aromatic nitrogens is 3. The molecular formula is C17H17N5O2S. The molecule has 0 radical (unpaired) electrons. The number of methoxy groups -OCH3 is 1. The van der Waals surface area contributed by atoms with E-state index >= 15 is 0 Å². The number of nitrogens with zero attached hydrogens (tertiary/aromatic N) is 3. The molecule has 0 fully saturated rings. The third kappa shape index (κ3) is 3.58. The Hall–Kier alpha value is -3.00. The van der Waals surface area contributed by atoms with Crippen LogP contribution in [0.1, 0.15) is 10.5 Å². The fourth-order valence-electron chi connectivity index (χ4n) is 2.26. The van der Waals surface area contributed by atoms with E-state index in [4.69, 9.17) is 10.5 Å². The number of benzene rings is 2. The van der Waals surface area contributed by atoms with Gasteiger partial charge in [-0.05, 0) is 48.7 Å². The summed E-state index contributed by atoms with van der Waals surface area (Å²) in [4.78, 5) is 13.5. The number of hydrogen-bond donors (Lipinski definition) is 2. The van der Waals surface area contributed by atoms with E-state index in [0.29, 0.717) is 17.1 Å². The van der Waals surface area contributed by atoms with E-state index in [1.54, 1.807) is 43.1 Å². The molecule has 0 unspecified atom stereocenters. The van der Waals surface area contributed by atoms with Gasteiger partial charge in [-0.25, -0.2) is 0 Å². The van der Waals surface area contributed by atoms with Crippen molar-refractivity contribution in [1.29, 1.82) is 0 Å². The molecule has 3 rings (SSSR count). The summed E-state index contributed by atoms with van der Waals surface area (Å²) in [7, 11) is 1.59. The smallest absolute Gasteiger partial charge is 0.280 e. The highest BCUT2D eigenvalue weighted by atomic mass is 32.2. The van der Waals surface area contributed by atoms with Crippen LogP contribution in [0.5, 0.6) is 5.75 Å². The molecule has 3 aromatic rings. The van der Waals surface area contributed by atoms with Gasteiger partial charge in [0.1, 0.15) is 5.75 Å². The number of ether oxygens (including phenoxy) is 1. The minimum atomic E-state index is -0.407. The van der Waals surface area contributed by atoms with Crippen LogP contribution in [0.2, 0.25) is 0 Å². The topological polar surface area (TPSA) is 95.1 Å². The second kappa shape index (κ2) is 7.27. The molecule has 0 spiro atoms. The van der Waals surface area contributed by atoms with Crippen LogP contribution in [0.15, 0.2) is 53.4 Å². The summed E-state index contributed by atoms with van der Waals surface area (Å²) >= 11 is 1.60. The summed E-state index contributed by atoms with van der Waals surface area (Å²) in [5, 5.41) is 10.7. The van der Waals surface area contributed by atoms with Gasteiger partial charge in [-0.1, -0.05) is 11.3 Å². The first kappa shape index (κ1) is 16.8. The number of amides is 1. The summed E-state index contributed by atoms with van der Waals surface area (Å²) < 4.78 is 6.53. The Bertz CT molecular complexity index is 892. The quantitative estimate of drug-likeness (QED) is 0.683. The van der Waals surface area contributed by atoms with Gasteiger partial charge in [0.2, 0.25) is 0 Å². The molecule has 1 amide bonds. The van der Waals surface area contributed by atoms with Gasteiger partial charge in [0.25, 0.3) is 5.91 Å². The van der Waals surface area contributed by atoms with Crippen molar-refractivity contribution in [2.45, 2.75) is 4.90 Å². The van der Waals surface area contributed by atoms with Crippen molar-refractivity contribution >= 4 is 29.2 Å². The number of thioether (sulfide) groups is 1. The van der Waals surface area contributed by atoms with E-state index in [-0.39, 0.29) is 11.5 Å². The minimum Gasteiger partial charge on any atom is -0.497 e. The molecule has 0 atom stereocenters. The third-order valence-electron chi connectivity index (χ3n) is 3.56. The van der Waals surface area contributed by atoms with Crippen molar-refractivity contribution in [2.75, 3.05) is 24.4 Å². The Kier molecular flexibility index (Phi) is 4.90. The maximum Gasteiger partial charge on any atom is 0.280 e. The maximum absolute atomic E-state index is 12.4. The van der Waals surface area contributed by atoms with E-state index in [9.17, 15) is 4.79 Å². The first-order chi connectivity index (χ1) is 12.1. The number of nitrogens with one attached hydrogen (secondary N) is 1. The Labute approximate surface area is 149 Å². The van der Waals surface area contributed by atoms with E-state index in [1.807, 2.05) is 30.5 Å². The third-order valence-corrected chi connectivity index (χ3v) is 4.29. The molecule has 8 heteroatoms. The van der Waals surface area contributed by atoms with Crippen molar-refractivity contribution in [3.8, 4) is 11.4 Å². The lowest BCUT2D eigenvalue weighted by molar-refractivity contribution is 0.102. The number of hydrogen-bond acceptors (Lipinski definition) is 6. The summed E-state index contributed by atoms with van der Waals surface area (Å²) in [6.45, 7) is 0. The van der Waals surface area contributed by atoms with E-state index in [0.717, 1.165) is 4.90 Å². The first-order valence-corrected chi connectivity index (χ1v) is 8.66. The van der Waals surface area contributed by atoms with Crippen LogP contribution in [0, 0.1) is 0 Å². The standard InChI is InChI=1S/C17H17N5O2S/c1-24-13-8-6-12(7-9-13)22-16(18)15(20-21-22)17(23)19-11-4-3-5-14(10-11)25-2/h3-10H,18H2,1-2H3,(H,19,23). The summed E-state index contributed by atoms with van der Waals surface area (Å²) in [5.41, 5.74) is 7.50. The summed E-state index contributed by atoms with van der Waals surface area (Å²) in [5.74, 6) is 0.480. The zero-order chi connectivity index (χ0) is 17.8. The predicted octanol–water partition coefficient (Wildman–Crippen LogP) is 2.83. The molecule has 0 aliphatic rings. The highest BCUT2D eigenvalue weighted by molar-refractivity contribution is 7.98. The summed E-state index contributed by atoms with van der Waals surface area (Å²) in [6, 6.07) is 14.7. The Morgan fingerprint density at radius 1 is 1.24 bits per heavy atom. The first-order valence-electron chi connectivity index (χ1n) is 7.43. The molecule has 1 heterocycles. The van der Waals surface area contributed by atoms with Crippen LogP contribution in [0.25, 0.3) is 5.69 Å². The lowest BCUT2D eigenvalue weighted by atomic mass is 10.3. The number of carbonyl (C=O) groups excluding carboxylic acids is 1. The molecule has 25 heavy (non-hydrogen) atoms. The van der Waals surface area contributed by atoms with Crippen LogP contribution in [-0.2, 0) is 0 Å². The van der Waals surface area contributed by atoms with Crippen LogP contribution < -0.4 is 15.8 Å². The largest absolute Gasteiger partial charge is 0.497 e. The number of nitrogens with two attached hydrogens (primary N) is 1. The Balaban J connectivity index is 1.83. The zero-order valence-corrected chi connectivity index (χ0v) is 14.6. The minimum absolute atomic E-state index is 0.0744. The second-order valence-corrected chi connectivity index (χ2v) is 6.00. The van der Waals surface area contributed by atoms with Crippen molar-refractivity contribution < 1.29 is 9.53 Å². The SMILES string of the molecule is COc1ccc(-n2nnc(C(=O)Nc3cccc(SC)c3)c2N)cc1. The monoisotopic (exact) mass is 355 g/mol. The van der Waals surface area contributed by atoms with Crippen molar-refractivity contribution in [3.63, 3.8) is 0 Å². The van der Waals surface area contributed by atoms with Gasteiger partial charge < -0.3 is 15.8 Å². The molecule has 0 saturated carbocycles. The van der Waals surface area contributed by atoms with Crippen LogP contribution >= 0.6 is 11.8 Å². The van der Waals surface area contributed by atoms with Gasteiger partial charge in [-0.2, -0.15) is 4.68 Å². The molecule has 3 N–H and O–H groups in total. The van der Waals surface area contributed by atoms with E-state index in [2.05, 4.69) is 15.6 Å². The number of rotatable bonds is 5. The van der Waals surface area contributed by atoms with E-state index in [1.165, 1.54) is 4.68 Å².